The molecule has 2 rings (SSSR count). The second kappa shape index (κ2) is 4.80. The van der Waals surface area contributed by atoms with Gasteiger partial charge in [-0.1, -0.05) is 6.07 Å². The van der Waals surface area contributed by atoms with Crippen molar-refractivity contribution in [3.63, 3.8) is 0 Å². The zero-order valence-corrected chi connectivity index (χ0v) is 11.0. The number of H-pyrrole nitrogens is 1. The van der Waals surface area contributed by atoms with E-state index in [2.05, 4.69) is 32.0 Å². The number of hydrogen-bond acceptors (Lipinski definition) is 4. The van der Waals surface area contributed by atoms with Gasteiger partial charge in [-0.15, -0.1) is 11.3 Å². The molecule has 0 aliphatic carbocycles. The summed E-state index contributed by atoms with van der Waals surface area (Å²) in [7, 11) is 1.91. The van der Waals surface area contributed by atoms with Gasteiger partial charge in [0.15, 0.2) is 0 Å². The molecule has 0 atom stereocenters. The van der Waals surface area contributed by atoms with Gasteiger partial charge in [0.05, 0.1) is 12.9 Å². The Hall–Kier alpha value is -1.14. The van der Waals surface area contributed by atoms with Crippen LogP contribution in [0.2, 0.25) is 0 Å². The number of aromatic amines is 1. The Kier molecular flexibility index (Phi) is 3.40. The zero-order valence-electron chi connectivity index (χ0n) is 8.61. The van der Waals surface area contributed by atoms with E-state index in [4.69, 9.17) is 0 Å². The first-order chi connectivity index (χ1) is 7.68. The number of halogens is 1. The van der Waals surface area contributed by atoms with Crippen LogP contribution in [-0.2, 0) is 6.54 Å². The minimum atomic E-state index is -0.164. The van der Waals surface area contributed by atoms with E-state index in [1.165, 1.54) is 11.2 Å². The number of rotatable bonds is 3. The van der Waals surface area contributed by atoms with E-state index in [9.17, 15) is 4.79 Å². The molecule has 0 saturated carbocycles. The Morgan fingerprint density at radius 2 is 2.44 bits per heavy atom. The van der Waals surface area contributed by atoms with Gasteiger partial charge in [-0.05, 0) is 27.4 Å². The third kappa shape index (κ3) is 2.33. The Labute approximate surface area is 105 Å². The highest BCUT2D eigenvalue weighted by atomic mass is 79.9. The van der Waals surface area contributed by atoms with Crippen molar-refractivity contribution in [1.82, 2.24) is 9.97 Å². The summed E-state index contributed by atoms with van der Waals surface area (Å²) >= 11 is 4.93. The molecule has 0 bridgehead atoms. The van der Waals surface area contributed by atoms with E-state index in [1.54, 1.807) is 11.3 Å². The number of aromatic nitrogens is 2. The van der Waals surface area contributed by atoms with E-state index in [0.29, 0.717) is 10.3 Å². The molecule has 0 aromatic carbocycles. The van der Waals surface area contributed by atoms with Gasteiger partial charge in [-0.2, -0.15) is 0 Å². The van der Waals surface area contributed by atoms with Crippen LogP contribution in [0.4, 0.5) is 5.82 Å². The van der Waals surface area contributed by atoms with Gasteiger partial charge in [0.25, 0.3) is 5.56 Å². The van der Waals surface area contributed by atoms with Crippen LogP contribution in [0.15, 0.2) is 33.1 Å². The van der Waals surface area contributed by atoms with Gasteiger partial charge in [-0.3, -0.25) is 4.79 Å². The first-order valence-corrected chi connectivity index (χ1v) is 6.32. The van der Waals surface area contributed by atoms with E-state index in [0.717, 1.165) is 6.54 Å². The van der Waals surface area contributed by atoms with Gasteiger partial charge in [-0.25, -0.2) is 4.98 Å². The summed E-state index contributed by atoms with van der Waals surface area (Å²) < 4.78 is 0.467. The van der Waals surface area contributed by atoms with Gasteiger partial charge < -0.3 is 9.88 Å². The minimum Gasteiger partial charge on any atom is -0.353 e. The van der Waals surface area contributed by atoms with Crippen molar-refractivity contribution < 1.29 is 0 Å². The maximum atomic E-state index is 11.4. The van der Waals surface area contributed by atoms with Crippen molar-refractivity contribution in [2.24, 2.45) is 0 Å². The van der Waals surface area contributed by atoms with E-state index >= 15 is 0 Å². The molecule has 1 N–H and O–H groups in total. The van der Waals surface area contributed by atoms with E-state index in [-0.39, 0.29) is 5.56 Å². The highest BCUT2D eigenvalue weighted by Crippen LogP contribution is 2.20. The van der Waals surface area contributed by atoms with Crippen molar-refractivity contribution >= 4 is 33.1 Å². The van der Waals surface area contributed by atoms with Crippen molar-refractivity contribution in [3.05, 3.63) is 43.5 Å². The molecule has 6 heteroatoms. The zero-order chi connectivity index (χ0) is 11.5. The van der Waals surface area contributed by atoms with Crippen molar-refractivity contribution in [2.45, 2.75) is 6.54 Å². The average Bonchev–Trinajstić information content (AvgIpc) is 2.74. The molecular formula is C10H10BrN3OS. The topological polar surface area (TPSA) is 49.0 Å². The average molecular weight is 300 g/mol. The normalized spacial score (nSPS) is 10.4. The molecule has 0 amide bonds. The van der Waals surface area contributed by atoms with Crippen molar-refractivity contribution in [3.8, 4) is 0 Å². The molecule has 0 fully saturated rings. The number of thiophene rings is 1. The van der Waals surface area contributed by atoms with Gasteiger partial charge >= 0.3 is 0 Å². The lowest BCUT2D eigenvalue weighted by Gasteiger charge is -2.17. The molecule has 16 heavy (non-hydrogen) atoms. The standard InChI is InChI=1S/C10H10BrN3OS/c1-14(5-7-3-2-4-16-7)9-8(11)10(15)13-6-12-9/h2-4,6H,5H2,1H3,(H,12,13,15). The smallest absolute Gasteiger partial charge is 0.267 e. The Balaban J connectivity index is 2.24. The lowest BCUT2D eigenvalue weighted by atomic mass is 10.4. The third-order valence-corrected chi connectivity index (χ3v) is 3.69. The van der Waals surface area contributed by atoms with Crippen LogP contribution < -0.4 is 10.5 Å². The fourth-order valence-corrected chi connectivity index (χ4v) is 2.63. The molecular weight excluding hydrogens is 290 g/mol. The first-order valence-electron chi connectivity index (χ1n) is 4.65. The lowest BCUT2D eigenvalue weighted by Crippen LogP contribution is -2.21. The summed E-state index contributed by atoms with van der Waals surface area (Å²) in [5, 5.41) is 2.03. The number of nitrogens with one attached hydrogen (secondary N) is 1. The lowest BCUT2D eigenvalue weighted by molar-refractivity contribution is 0.893. The highest BCUT2D eigenvalue weighted by molar-refractivity contribution is 9.10. The molecule has 84 valence electrons. The Morgan fingerprint density at radius 3 is 3.12 bits per heavy atom. The summed E-state index contributed by atoms with van der Waals surface area (Å²) in [5.41, 5.74) is -0.164. The molecule has 0 spiro atoms. The molecule has 0 unspecified atom stereocenters. The summed E-state index contributed by atoms with van der Waals surface area (Å²) in [6.07, 6.45) is 1.41. The molecule has 0 saturated heterocycles. The van der Waals surface area contributed by atoms with Crippen LogP contribution in [0, 0.1) is 0 Å². The van der Waals surface area contributed by atoms with Gasteiger partial charge in [0.1, 0.15) is 10.3 Å². The molecule has 2 aromatic heterocycles. The van der Waals surface area contributed by atoms with Crippen LogP contribution in [-0.4, -0.2) is 17.0 Å². The SMILES string of the molecule is CN(Cc1cccs1)c1nc[nH]c(=O)c1Br. The fourth-order valence-electron chi connectivity index (χ4n) is 1.35. The molecule has 4 nitrogen and oxygen atoms in total. The summed E-state index contributed by atoms with van der Waals surface area (Å²) in [4.78, 5) is 21.2. The summed E-state index contributed by atoms with van der Waals surface area (Å²) in [5.74, 6) is 0.650. The second-order valence-electron chi connectivity index (χ2n) is 3.30. The number of nitrogens with zero attached hydrogens (tertiary/aromatic N) is 2. The van der Waals surface area contributed by atoms with Crippen molar-refractivity contribution in [2.75, 3.05) is 11.9 Å². The molecule has 0 aliphatic rings. The summed E-state index contributed by atoms with van der Waals surface area (Å²) in [6, 6.07) is 4.07. The predicted molar refractivity (Wildman–Crippen MR) is 69.0 cm³/mol. The maximum absolute atomic E-state index is 11.4. The molecule has 0 aliphatic heterocycles. The molecule has 2 aromatic rings. The highest BCUT2D eigenvalue weighted by Gasteiger charge is 2.10. The Morgan fingerprint density at radius 1 is 1.62 bits per heavy atom. The quantitative estimate of drug-likeness (QED) is 0.945. The number of hydrogen-bond donors (Lipinski definition) is 1. The van der Waals surface area contributed by atoms with E-state index < -0.39 is 0 Å². The van der Waals surface area contributed by atoms with Crippen molar-refractivity contribution in [1.29, 1.82) is 0 Å². The third-order valence-electron chi connectivity index (χ3n) is 2.11. The van der Waals surface area contributed by atoms with Gasteiger partial charge in [0.2, 0.25) is 0 Å². The van der Waals surface area contributed by atoms with Gasteiger partial charge in [0, 0.05) is 11.9 Å². The van der Waals surface area contributed by atoms with Crippen LogP contribution >= 0.6 is 27.3 Å². The van der Waals surface area contributed by atoms with E-state index in [1.807, 2.05) is 23.4 Å². The monoisotopic (exact) mass is 299 g/mol. The molecule has 0 radical (unpaired) electrons. The van der Waals surface area contributed by atoms with Crippen LogP contribution in [0.25, 0.3) is 0 Å². The number of anilines is 1. The maximum Gasteiger partial charge on any atom is 0.267 e. The molecule has 2 heterocycles. The van der Waals surface area contributed by atoms with Crippen LogP contribution in [0.3, 0.4) is 0 Å². The minimum absolute atomic E-state index is 0.164. The Bertz CT molecular complexity index is 523. The van der Waals surface area contributed by atoms with Crippen LogP contribution in [0.1, 0.15) is 4.88 Å². The van der Waals surface area contributed by atoms with Crippen LogP contribution in [0.5, 0.6) is 0 Å². The second-order valence-corrected chi connectivity index (χ2v) is 5.13. The fraction of sp³-hybridized carbons (Fsp3) is 0.200. The largest absolute Gasteiger partial charge is 0.353 e. The first kappa shape index (κ1) is 11.3. The summed E-state index contributed by atoms with van der Waals surface area (Å²) in [6.45, 7) is 0.743. The predicted octanol–water partition coefficient (Wildman–Crippen LogP) is 2.23.